The predicted molar refractivity (Wildman–Crippen MR) is 85.2 cm³/mol. The van der Waals surface area contributed by atoms with Crippen molar-refractivity contribution in [3.05, 3.63) is 58.1 Å². The number of fused-ring (bicyclic) bond motifs is 1. The highest BCUT2D eigenvalue weighted by molar-refractivity contribution is 9.10. The lowest BCUT2D eigenvalue weighted by atomic mass is 10.0. The number of carbonyl (C=O) groups excluding carboxylic acids is 1. The molecule has 1 amide bonds. The molecule has 0 saturated carbocycles. The standard InChI is InChI=1S/C16H15BrN2O/c1-10-13(17)6-4-8-14(10)19-16(20)12-9-18-15-7-3-2-5-11(12)15/h2-8,12,18H,9H2,1H3,(H,19,20). The molecule has 0 fully saturated rings. The normalized spacial score (nSPS) is 16.4. The van der Waals surface area contributed by atoms with Crippen LogP contribution in [-0.2, 0) is 4.79 Å². The van der Waals surface area contributed by atoms with Crippen LogP contribution in [0, 0.1) is 6.92 Å². The van der Waals surface area contributed by atoms with Crippen LogP contribution in [0.25, 0.3) is 0 Å². The van der Waals surface area contributed by atoms with Gasteiger partial charge in [-0.05, 0) is 36.2 Å². The summed E-state index contributed by atoms with van der Waals surface area (Å²) in [6.07, 6.45) is 0. The van der Waals surface area contributed by atoms with Gasteiger partial charge in [0, 0.05) is 22.4 Å². The first-order chi connectivity index (χ1) is 9.66. The number of halogens is 1. The Morgan fingerprint density at radius 1 is 1.25 bits per heavy atom. The number of benzene rings is 2. The first-order valence-electron chi connectivity index (χ1n) is 6.55. The molecule has 1 heterocycles. The minimum Gasteiger partial charge on any atom is -0.384 e. The summed E-state index contributed by atoms with van der Waals surface area (Å²) in [5.41, 5.74) is 4.02. The number of para-hydroxylation sites is 1. The zero-order chi connectivity index (χ0) is 14.1. The largest absolute Gasteiger partial charge is 0.384 e. The SMILES string of the molecule is Cc1c(Br)cccc1NC(=O)C1CNc2ccccc21. The Kier molecular flexibility index (Phi) is 3.49. The molecular formula is C16H15BrN2O. The lowest BCUT2D eigenvalue weighted by Crippen LogP contribution is -2.22. The van der Waals surface area contributed by atoms with E-state index >= 15 is 0 Å². The molecule has 0 radical (unpaired) electrons. The maximum Gasteiger partial charge on any atom is 0.233 e. The monoisotopic (exact) mass is 330 g/mol. The van der Waals surface area contributed by atoms with E-state index in [9.17, 15) is 4.79 Å². The van der Waals surface area contributed by atoms with Crippen LogP contribution in [0.3, 0.4) is 0 Å². The van der Waals surface area contributed by atoms with Gasteiger partial charge >= 0.3 is 0 Å². The fourth-order valence-corrected chi connectivity index (χ4v) is 2.85. The van der Waals surface area contributed by atoms with Gasteiger partial charge in [-0.3, -0.25) is 4.79 Å². The van der Waals surface area contributed by atoms with E-state index in [4.69, 9.17) is 0 Å². The van der Waals surface area contributed by atoms with Gasteiger partial charge in [0.1, 0.15) is 0 Å². The van der Waals surface area contributed by atoms with Crippen molar-refractivity contribution in [2.45, 2.75) is 12.8 Å². The molecule has 1 atom stereocenters. The van der Waals surface area contributed by atoms with Gasteiger partial charge in [-0.2, -0.15) is 0 Å². The Morgan fingerprint density at radius 2 is 2.05 bits per heavy atom. The van der Waals surface area contributed by atoms with E-state index in [2.05, 4.69) is 26.6 Å². The van der Waals surface area contributed by atoms with E-state index in [0.29, 0.717) is 6.54 Å². The Morgan fingerprint density at radius 3 is 2.90 bits per heavy atom. The van der Waals surface area contributed by atoms with Crippen LogP contribution in [0.15, 0.2) is 46.9 Å². The average Bonchev–Trinajstić information content (AvgIpc) is 2.88. The molecular weight excluding hydrogens is 316 g/mol. The molecule has 2 aromatic carbocycles. The van der Waals surface area contributed by atoms with Crippen molar-refractivity contribution in [2.24, 2.45) is 0 Å². The molecule has 0 bridgehead atoms. The second-order valence-electron chi connectivity index (χ2n) is 4.92. The third-order valence-electron chi connectivity index (χ3n) is 3.67. The molecule has 2 N–H and O–H groups in total. The summed E-state index contributed by atoms with van der Waals surface area (Å²) in [5, 5.41) is 6.30. The molecule has 3 nitrogen and oxygen atoms in total. The number of carbonyl (C=O) groups is 1. The average molecular weight is 331 g/mol. The zero-order valence-electron chi connectivity index (χ0n) is 11.1. The number of hydrogen-bond donors (Lipinski definition) is 2. The Bertz CT molecular complexity index is 669. The number of nitrogens with one attached hydrogen (secondary N) is 2. The minimum absolute atomic E-state index is 0.0312. The molecule has 4 heteroatoms. The van der Waals surface area contributed by atoms with Crippen LogP contribution >= 0.6 is 15.9 Å². The van der Waals surface area contributed by atoms with E-state index in [-0.39, 0.29) is 11.8 Å². The highest BCUT2D eigenvalue weighted by Gasteiger charge is 2.28. The summed E-state index contributed by atoms with van der Waals surface area (Å²) < 4.78 is 1.00. The zero-order valence-corrected chi connectivity index (χ0v) is 12.7. The molecule has 0 saturated heterocycles. The number of hydrogen-bond acceptors (Lipinski definition) is 2. The van der Waals surface area contributed by atoms with Crippen molar-refractivity contribution < 1.29 is 4.79 Å². The van der Waals surface area contributed by atoms with Gasteiger partial charge in [0.25, 0.3) is 0 Å². The van der Waals surface area contributed by atoms with Crippen molar-refractivity contribution in [3.8, 4) is 0 Å². The first kappa shape index (κ1) is 13.2. The van der Waals surface area contributed by atoms with Crippen LogP contribution in [0.2, 0.25) is 0 Å². The van der Waals surface area contributed by atoms with Gasteiger partial charge in [-0.1, -0.05) is 40.2 Å². The molecule has 1 aliphatic heterocycles. The van der Waals surface area contributed by atoms with Crippen molar-refractivity contribution >= 4 is 33.2 Å². The lowest BCUT2D eigenvalue weighted by Gasteiger charge is -2.13. The fraction of sp³-hybridized carbons (Fsp3) is 0.188. The topological polar surface area (TPSA) is 41.1 Å². The van der Waals surface area contributed by atoms with Crippen molar-refractivity contribution in [1.29, 1.82) is 0 Å². The molecule has 20 heavy (non-hydrogen) atoms. The maximum atomic E-state index is 12.5. The summed E-state index contributed by atoms with van der Waals surface area (Å²) in [5.74, 6) is -0.103. The molecule has 102 valence electrons. The molecule has 2 aromatic rings. The van der Waals surface area contributed by atoms with Crippen molar-refractivity contribution in [2.75, 3.05) is 17.2 Å². The van der Waals surface area contributed by atoms with Gasteiger partial charge < -0.3 is 10.6 Å². The van der Waals surface area contributed by atoms with Gasteiger partial charge in [0.05, 0.1) is 5.92 Å². The van der Waals surface area contributed by atoms with E-state index in [1.165, 1.54) is 0 Å². The third kappa shape index (κ3) is 2.31. The van der Waals surface area contributed by atoms with E-state index in [0.717, 1.165) is 27.0 Å². The second kappa shape index (κ2) is 5.29. The van der Waals surface area contributed by atoms with Crippen LogP contribution in [0.4, 0.5) is 11.4 Å². The molecule has 0 aromatic heterocycles. The minimum atomic E-state index is -0.135. The van der Waals surface area contributed by atoms with E-state index < -0.39 is 0 Å². The molecule has 0 spiro atoms. The summed E-state index contributed by atoms with van der Waals surface area (Å²) >= 11 is 3.48. The maximum absolute atomic E-state index is 12.5. The molecule has 0 aliphatic carbocycles. The predicted octanol–water partition coefficient (Wildman–Crippen LogP) is 3.91. The van der Waals surface area contributed by atoms with Crippen LogP contribution < -0.4 is 10.6 Å². The highest BCUT2D eigenvalue weighted by atomic mass is 79.9. The van der Waals surface area contributed by atoms with Gasteiger partial charge in [0.15, 0.2) is 0 Å². The highest BCUT2D eigenvalue weighted by Crippen LogP contribution is 2.32. The van der Waals surface area contributed by atoms with Gasteiger partial charge in [-0.25, -0.2) is 0 Å². The van der Waals surface area contributed by atoms with Gasteiger partial charge in [0.2, 0.25) is 5.91 Å². The fourth-order valence-electron chi connectivity index (χ4n) is 2.48. The second-order valence-corrected chi connectivity index (χ2v) is 5.78. The third-order valence-corrected chi connectivity index (χ3v) is 4.53. The van der Waals surface area contributed by atoms with E-state index in [1.54, 1.807) is 0 Å². The number of anilines is 2. The molecule has 1 aliphatic rings. The summed E-state index contributed by atoms with van der Waals surface area (Å²) in [6, 6.07) is 13.8. The number of rotatable bonds is 2. The smallest absolute Gasteiger partial charge is 0.233 e. The lowest BCUT2D eigenvalue weighted by molar-refractivity contribution is -0.117. The van der Waals surface area contributed by atoms with Gasteiger partial charge in [-0.15, -0.1) is 0 Å². The van der Waals surface area contributed by atoms with Crippen LogP contribution in [0.1, 0.15) is 17.0 Å². The first-order valence-corrected chi connectivity index (χ1v) is 7.35. The Hall–Kier alpha value is -1.81. The molecule has 1 unspecified atom stereocenters. The van der Waals surface area contributed by atoms with Crippen LogP contribution in [0.5, 0.6) is 0 Å². The molecule has 3 rings (SSSR count). The number of amides is 1. The summed E-state index contributed by atoms with van der Waals surface area (Å²) in [4.78, 5) is 12.5. The van der Waals surface area contributed by atoms with Crippen molar-refractivity contribution in [3.63, 3.8) is 0 Å². The summed E-state index contributed by atoms with van der Waals surface area (Å²) in [7, 11) is 0. The van der Waals surface area contributed by atoms with Crippen LogP contribution in [-0.4, -0.2) is 12.5 Å². The van der Waals surface area contributed by atoms with Crippen molar-refractivity contribution in [1.82, 2.24) is 0 Å². The quantitative estimate of drug-likeness (QED) is 0.876. The summed E-state index contributed by atoms with van der Waals surface area (Å²) in [6.45, 7) is 2.64. The Labute approximate surface area is 126 Å². The Balaban J connectivity index is 1.83. The van der Waals surface area contributed by atoms with E-state index in [1.807, 2.05) is 49.4 Å².